The molecule has 0 bridgehead atoms. The lowest BCUT2D eigenvalue weighted by Gasteiger charge is -2.32. The Balaban J connectivity index is 1.75. The van der Waals surface area contributed by atoms with Crippen LogP contribution < -0.4 is 0 Å². The Kier molecular flexibility index (Phi) is 15.1. The summed E-state index contributed by atoms with van der Waals surface area (Å²) in [5.41, 5.74) is -1.87. The molecule has 3 aliphatic heterocycles. The molecular formula is C37H63N2O9+. The van der Waals surface area contributed by atoms with Gasteiger partial charge in [-0.25, -0.2) is 0 Å². The first-order chi connectivity index (χ1) is 22.6. The van der Waals surface area contributed by atoms with Crippen LogP contribution in [0.15, 0.2) is 36.0 Å². The number of unbranched alkanes of at least 4 members (excludes halogenated alkanes) is 1. The molecule has 48 heavy (non-hydrogen) atoms. The molecule has 0 amide bonds. The van der Waals surface area contributed by atoms with Crippen molar-refractivity contribution in [3.63, 3.8) is 0 Å². The normalized spacial score (nSPS) is 34.4. The fraction of sp³-hybridized carbons (Fsp3) is 0.784. The van der Waals surface area contributed by atoms with E-state index in [9.17, 15) is 30.3 Å². The highest BCUT2D eigenvalue weighted by molar-refractivity contribution is 5.70. The molecule has 0 aromatic heterocycles. The molecule has 0 saturated carbocycles. The lowest BCUT2D eigenvalue weighted by Crippen LogP contribution is -2.47. The predicted octanol–water partition coefficient (Wildman–Crippen LogP) is 3.63. The summed E-state index contributed by atoms with van der Waals surface area (Å²) >= 11 is 0. The summed E-state index contributed by atoms with van der Waals surface area (Å²) in [5, 5.41) is 54.3. The Labute approximate surface area is 287 Å². The van der Waals surface area contributed by atoms with Crippen LogP contribution in [-0.4, -0.2) is 128 Å². The molecule has 274 valence electrons. The maximum Gasteiger partial charge on any atom is 0.547 e. The van der Waals surface area contributed by atoms with Gasteiger partial charge in [0.15, 0.2) is 19.2 Å². The van der Waals surface area contributed by atoms with Crippen LogP contribution in [0.5, 0.6) is 0 Å². The first-order valence-electron chi connectivity index (χ1n) is 18.0. The van der Waals surface area contributed by atoms with E-state index in [0.717, 1.165) is 38.0 Å². The number of allylic oxidation sites excluding steroid dienone is 2. The largest absolute Gasteiger partial charge is 0.547 e. The fourth-order valence-electron chi connectivity index (χ4n) is 6.53. The van der Waals surface area contributed by atoms with Crippen LogP contribution in [-0.2, 0) is 19.0 Å². The van der Waals surface area contributed by atoms with E-state index < -0.39 is 41.6 Å². The Morgan fingerprint density at radius 1 is 1.27 bits per heavy atom. The number of cyclic esters (lactones) is 1. The summed E-state index contributed by atoms with van der Waals surface area (Å²) in [6.45, 7) is 17.0. The van der Waals surface area contributed by atoms with Crippen molar-refractivity contribution >= 4 is 12.1 Å². The molecule has 0 spiro atoms. The molecule has 5 N–H and O–H groups in total. The van der Waals surface area contributed by atoms with Crippen molar-refractivity contribution in [2.45, 2.75) is 141 Å². The zero-order valence-corrected chi connectivity index (χ0v) is 30.3. The predicted molar refractivity (Wildman–Crippen MR) is 185 cm³/mol. The van der Waals surface area contributed by atoms with Crippen LogP contribution >= 0.6 is 0 Å². The number of aliphatic hydroxyl groups is 5. The topological polar surface area (TPSA) is 155 Å². The SMILES string of the molecule is CCCCN1CC[N+](=C(O)OC2/C=C/C(C)C(/C(C)=C/C=C/C(C)(O)CC3OC3C(C)C(O)CC)OC(=O)CC(O)CCC2(C)O)CC1. The van der Waals surface area contributed by atoms with Crippen LogP contribution in [0.3, 0.4) is 0 Å². The minimum atomic E-state index is -1.44. The van der Waals surface area contributed by atoms with Crippen molar-refractivity contribution in [1.29, 1.82) is 0 Å². The molecule has 3 heterocycles. The molecule has 2 saturated heterocycles. The van der Waals surface area contributed by atoms with Crippen molar-refractivity contribution < 1.29 is 49.1 Å². The van der Waals surface area contributed by atoms with E-state index in [4.69, 9.17) is 14.2 Å². The lowest BCUT2D eigenvalue weighted by atomic mass is 9.88. The van der Waals surface area contributed by atoms with Crippen LogP contribution in [0.2, 0.25) is 0 Å². The van der Waals surface area contributed by atoms with Gasteiger partial charge < -0.3 is 39.7 Å². The second-order valence-corrected chi connectivity index (χ2v) is 14.7. The van der Waals surface area contributed by atoms with Crippen LogP contribution in [0, 0.1) is 11.8 Å². The van der Waals surface area contributed by atoms with Gasteiger partial charge in [0.25, 0.3) is 0 Å². The Morgan fingerprint density at radius 3 is 2.60 bits per heavy atom. The maximum atomic E-state index is 12.9. The Bertz CT molecular complexity index is 1150. The van der Waals surface area contributed by atoms with Gasteiger partial charge >= 0.3 is 12.1 Å². The van der Waals surface area contributed by atoms with Crippen molar-refractivity contribution in [3.8, 4) is 0 Å². The van der Waals surface area contributed by atoms with Crippen LogP contribution in [0.1, 0.15) is 93.4 Å². The lowest BCUT2D eigenvalue weighted by molar-refractivity contribution is -0.557. The molecule has 11 nitrogen and oxygen atoms in total. The minimum absolute atomic E-state index is 0.00707. The number of rotatable bonds is 12. The highest BCUT2D eigenvalue weighted by Crippen LogP contribution is 2.37. The van der Waals surface area contributed by atoms with Gasteiger partial charge in [-0.2, -0.15) is 4.58 Å². The molecular weight excluding hydrogens is 616 g/mol. The summed E-state index contributed by atoms with van der Waals surface area (Å²) in [5.74, 6) is -0.907. The zero-order valence-electron chi connectivity index (χ0n) is 30.3. The number of piperazine rings is 1. The van der Waals surface area contributed by atoms with Gasteiger partial charge in [0, 0.05) is 18.3 Å². The highest BCUT2D eigenvalue weighted by atomic mass is 16.6. The van der Waals surface area contributed by atoms with Crippen molar-refractivity contribution in [2.24, 2.45) is 11.8 Å². The van der Waals surface area contributed by atoms with Gasteiger partial charge in [0.2, 0.25) is 0 Å². The first-order valence-corrected chi connectivity index (χ1v) is 18.0. The number of ether oxygens (including phenoxy) is 3. The maximum absolute atomic E-state index is 12.9. The van der Waals surface area contributed by atoms with E-state index in [1.54, 1.807) is 42.7 Å². The van der Waals surface area contributed by atoms with E-state index in [2.05, 4.69) is 11.8 Å². The molecule has 0 aliphatic carbocycles. The molecule has 10 atom stereocenters. The molecule has 0 radical (unpaired) electrons. The highest BCUT2D eigenvalue weighted by Gasteiger charge is 2.47. The van der Waals surface area contributed by atoms with Gasteiger partial charge in [0.1, 0.15) is 11.7 Å². The number of carbonyl (C=O) groups excluding carboxylic acids is 1. The van der Waals surface area contributed by atoms with E-state index in [0.29, 0.717) is 25.9 Å². The van der Waals surface area contributed by atoms with Gasteiger partial charge in [-0.1, -0.05) is 58.4 Å². The second-order valence-electron chi connectivity index (χ2n) is 14.7. The van der Waals surface area contributed by atoms with Crippen molar-refractivity contribution in [2.75, 3.05) is 32.7 Å². The third-order valence-electron chi connectivity index (χ3n) is 10.1. The summed E-state index contributed by atoms with van der Waals surface area (Å²) < 4.78 is 19.4. The number of hydrogen-bond acceptors (Lipinski definition) is 9. The Hall–Kier alpha value is -2.28. The number of hydrogen-bond donors (Lipinski definition) is 5. The average molecular weight is 680 g/mol. The molecule has 2 fully saturated rings. The summed E-state index contributed by atoms with van der Waals surface area (Å²) in [4.78, 5) is 15.2. The number of nitrogens with zero attached hydrogens (tertiary/aromatic N) is 2. The van der Waals surface area contributed by atoms with Crippen LogP contribution in [0.25, 0.3) is 0 Å². The smallest absolute Gasteiger partial charge is 0.457 e. The van der Waals surface area contributed by atoms with Crippen molar-refractivity contribution in [1.82, 2.24) is 4.90 Å². The second kappa shape index (κ2) is 18.1. The summed E-state index contributed by atoms with van der Waals surface area (Å²) in [6.07, 6.45) is 8.56. The van der Waals surface area contributed by atoms with Gasteiger partial charge in [-0.15, -0.1) is 0 Å². The van der Waals surface area contributed by atoms with Gasteiger partial charge in [-0.05, 0) is 64.6 Å². The molecule has 3 aliphatic rings. The third-order valence-corrected chi connectivity index (χ3v) is 10.1. The van der Waals surface area contributed by atoms with Gasteiger partial charge in [0.05, 0.1) is 49.5 Å². The van der Waals surface area contributed by atoms with E-state index >= 15 is 0 Å². The van der Waals surface area contributed by atoms with E-state index in [1.807, 2.05) is 33.8 Å². The summed E-state index contributed by atoms with van der Waals surface area (Å²) in [7, 11) is 0. The molecule has 10 unspecified atom stereocenters. The standard InChI is InChI=1S/C37H62N2O9/c1-8-10-18-38-19-21-39(22-20-38)35(43)47-31-14-13-26(4)33(48-32(42)23-28(40)15-17-37(31,7)45)25(3)12-11-16-36(6,44)24-30-34(46-30)27(5)29(41)9-2/h11-14,16,26-31,33-34,40-41,44-45H,8-10,15,17-24H2,1-7H3/p+1/b14-13+,16-11+,25-12+. The number of carbonyl (C=O) groups is 1. The zero-order chi connectivity index (χ0) is 35.6. The molecule has 11 heteroatoms. The number of epoxide rings is 1. The number of aliphatic hydroxyl groups excluding tert-OH is 3. The molecule has 0 aromatic rings. The average Bonchev–Trinajstić information content (AvgIpc) is 3.80. The molecule has 0 aromatic carbocycles. The van der Waals surface area contributed by atoms with Crippen LogP contribution in [0.4, 0.5) is 0 Å². The third kappa shape index (κ3) is 12.2. The monoisotopic (exact) mass is 679 g/mol. The summed E-state index contributed by atoms with van der Waals surface area (Å²) in [6, 6.07) is 0. The quantitative estimate of drug-likeness (QED) is 0.0516. The van der Waals surface area contributed by atoms with E-state index in [-0.39, 0.29) is 49.4 Å². The fourth-order valence-corrected chi connectivity index (χ4v) is 6.53. The van der Waals surface area contributed by atoms with E-state index in [1.165, 1.54) is 0 Å². The van der Waals surface area contributed by atoms with Crippen molar-refractivity contribution in [3.05, 3.63) is 36.0 Å². The number of esters is 1. The Morgan fingerprint density at radius 2 is 1.96 bits per heavy atom. The van der Waals surface area contributed by atoms with Gasteiger partial charge in [-0.3, -0.25) is 9.69 Å². The minimum Gasteiger partial charge on any atom is -0.457 e. The first kappa shape index (κ1) is 40.2. The molecule has 3 rings (SSSR count).